The Bertz CT molecular complexity index is 688. The summed E-state index contributed by atoms with van der Waals surface area (Å²) >= 11 is 0. The molecule has 2 bridgehead atoms. The molecule has 4 nitrogen and oxygen atoms in total. The molecular weight excluding hydrogens is 372 g/mol. The highest BCUT2D eigenvalue weighted by Gasteiger charge is 2.51. The lowest BCUT2D eigenvalue weighted by atomic mass is 9.50. The second-order valence-electron chi connectivity index (χ2n) is 10.2. The third-order valence-corrected chi connectivity index (χ3v) is 7.96. The minimum absolute atomic E-state index is 0.255. The summed E-state index contributed by atoms with van der Waals surface area (Å²) in [5.74, 6) is 0.865. The van der Waals surface area contributed by atoms with Crippen LogP contribution in [0.3, 0.4) is 0 Å². The van der Waals surface area contributed by atoms with Crippen molar-refractivity contribution in [2.45, 2.75) is 82.6 Å². The Balaban J connectivity index is 1.44. The molecule has 166 valence electrons. The SMILES string of the molecule is CCOC[C@@]12CCC[C@@](c3ccccc3)(CC(CCC(=O)NC3CCNCC3)C1)C2. The molecule has 1 unspecified atom stereocenters. The summed E-state index contributed by atoms with van der Waals surface area (Å²) < 4.78 is 6.02. The zero-order valence-corrected chi connectivity index (χ0v) is 18.8. The summed E-state index contributed by atoms with van der Waals surface area (Å²) in [7, 11) is 0. The minimum atomic E-state index is 0.255. The van der Waals surface area contributed by atoms with Gasteiger partial charge in [-0.25, -0.2) is 0 Å². The van der Waals surface area contributed by atoms with Gasteiger partial charge in [-0.15, -0.1) is 0 Å². The molecule has 1 aliphatic heterocycles. The lowest BCUT2D eigenvalue weighted by molar-refractivity contribution is -0.122. The summed E-state index contributed by atoms with van der Waals surface area (Å²) in [6, 6.07) is 11.6. The summed E-state index contributed by atoms with van der Waals surface area (Å²) in [5, 5.41) is 6.66. The molecule has 1 heterocycles. The van der Waals surface area contributed by atoms with Crippen LogP contribution in [0.2, 0.25) is 0 Å². The van der Waals surface area contributed by atoms with Crippen molar-refractivity contribution in [1.82, 2.24) is 10.6 Å². The number of amides is 1. The maximum atomic E-state index is 12.6. The van der Waals surface area contributed by atoms with E-state index in [9.17, 15) is 4.79 Å². The Morgan fingerprint density at radius 3 is 2.73 bits per heavy atom. The van der Waals surface area contributed by atoms with E-state index in [0.29, 0.717) is 23.8 Å². The molecule has 2 aliphatic carbocycles. The second kappa shape index (κ2) is 9.82. The number of fused-ring (bicyclic) bond motifs is 2. The van der Waals surface area contributed by atoms with Crippen LogP contribution < -0.4 is 10.6 Å². The Kier molecular flexibility index (Phi) is 7.15. The van der Waals surface area contributed by atoms with E-state index < -0.39 is 0 Å². The van der Waals surface area contributed by atoms with E-state index in [0.717, 1.165) is 45.6 Å². The zero-order valence-electron chi connectivity index (χ0n) is 18.8. The first-order valence-electron chi connectivity index (χ1n) is 12.3. The average Bonchev–Trinajstić information content (AvgIpc) is 2.77. The fraction of sp³-hybridized carbons (Fsp3) is 0.731. The Labute approximate surface area is 182 Å². The van der Waals surface area contributed by atoms with Gasteiger partial charge in [-0.2, -0.15) is 0 Å². The van der Waals surface area contributed by atoms with Crippen molar-refractivity contribution in [1.29, 1.82) is 0 Å². The standard InChI is InChI=1S/C26H40N2O2/c1-2-30-20-25-13-6-14-26(19-25,22-7-4-3-5-8-22)18-21(17-25)9-10-24(29)28-23-11-15-27-16-12-23/h3-5,7-8,21,23,27H,2,6,9-20H2,1H3,(H,28,29)/t21?,25-,26+/m0/s1. The summed E-state index contributed by atoms with van der Waals surface area (Å²) in [4.78, 5) is 12.6. The predicted molar refractivity (Wildman–Crippen MR) is 122 cm³/mol. The lowest BCUT2D eigenvalue weighted by Crippen LogP contribution is -2.49. The second-order valence-corrected chi connectivity index (χ2v) is 10.2. The molecule has 1 aromatic rings. The molecule has 30 heavy (non-hydrogen) atoms. The van der Waals surface area contributed by atoms with Gasteiger partial charge in [0.2, 0.25) is 5.91 Å². The quantitative estimate of drug-likeness (QED) is 0.657. The molecule has 3 aliphatic rings. The van der Waals surface area contributed by atoms with Gasteiger partial charge in [0.05, 0.1) is 6.61 Å². The first kappa shape index (κ1) is 21.8. The molecule has 4 rings (SSSR count). The van der Waals surface area contributed by atoms with Crippen LogP contribution in [0.15, 0.2) is 30.3 Å². The van der Waals surface area contributed by atoms with Crippen LogP contribution in [-0.2, 0) is 14.9 Å². The maximum absolute atomic E-state index is 12.6. The van der Waals surface area contributed by atoms with Gasteiger partial charge in [0.1, 0.15) is 0 Å². The van der Waals surface area contributed by atoms with Crippen molar-refractivity contribution < 1.29 is 9.53 Å². The number of carbonyl (C=O) groups is 1. The van der Waals surface area contributed by atoms with Crippen LogP contribution in [0.5, 0.6) is 0 Å². The van der Waals surface area contributed by atoms with E-state index in [1.165, 1.54) is 44.1 Å². The van der Waals surface area contributed by atoms with Crippen molar-refractivity contribution in [3.05, 3.63) is 35.9 Å². The number of piperidine rings is 1. The molecule has 1 saturated heterocycles. The first-order chi connectivity index (χ1) is 14.6. The van der Waals surface area contributed by atoms with Gasteiger partial charge in [-0.3, -0.25) is 4.79 Å². The molecule has 1 amide bonds. The van der Waals surface area contributed by atoms with E-state index in [2.05, 4.69) is 47.9 Å². The number of hydrogen-bond acceptors (Lipinski definition) is 3. The summed E-state index contributed by atoms with van der Waals surface area (Å²) in [6.07, 6.45) is 11.4. The Morgan fingerprint density at radius 1 is 1.17 bits per heavy atom. The van der Waals surface area contributed by atoms with E-state index >= 15 is 0 Å². The largest absolute Gasteiger partial charge is 0.381 e. The highest BCUT2D eigenvalue weighted by molar-refractivity contribution is 5.76. The first-order valence-corrected chi connectivity index (χ1v) is 12.3. The molecular formula is C26H40N2O2. The summed E-state index contributed by atoms with van der Waals surface area (Å²) in [6.45, 7) is 5.83. The van der Waals surface area contributed by atoms with Gasteiger partial charge < -0.3 is 15.4 Å². The van der Waals surface area contributed by atoms with E-state index in [1.807, 2.05) is 0 Å². The molecule has 2 saturated carbocycles. The normalized spacial score (nSPS) is 32.0. The Morgan fingerprint density at radius 2 is 1.97 bits per heavy atom. The van der Waals surface area contributed by atoms with E-state index in [4.69, 9.17) is 4.74 Å². The average molecular weight is 413 g/mol. The highest BCUT2D eigenvalue weighted by atomic mass is 16.5. The van der Waals surface area contributed by atoms with Gasteiger partial charge >= 0.3 is 0 Å². The number of hydrogen-bond donors (Lipinski definition) is 2. The fourth-order valence-corrected chi connectivity index (χ4v) is 6.74. The molecule has 0 aromatic heterocycles. The number of ether oxygens (including phenoxy) is 1. The monoisotopic (exact) mass is 412 g/mol. The molecule has 3 atom stereocenters. The van der Waals surface area contributed by atoms with Gasteiger partial charge in [0.15, 0.2) is 0 Å². The molecule has 3 fully saturated rings. The predicted octanol–water partition coefficient (Wildman–Crippen LogP) is 4.58. The van der Waals surface area contributed by atoms with Gasteiger partial charge in [0, 0.05) is 19.1 Å². The molecule has 1 aromatic carbocycles. The number of benzene rings is 1. The van der Waals surface area contributed by atoms with Crippen LogP contribution in [0, 0.1) is 11.3 Å². The van der Waals surface area contributed by atoms with E-state index in [-0.39, 0.29) is 11.3 Å². The van der Waals surface area contributed by atoms with Crippen LogP contribution >= 0.6 is 0 Å². The fourth-order valence-electron chi connectivity index (χ4n) is 6.74. The number of rotatable bonds is 8. The zero-order chi connectivity index (χ0) is 20.9. The minimum Gasteiger partial charge on any atom is -0.381 e. The summed E-state index contributed by atoms with van der Waals surface area (Å²) in [5.41, 5.74) is 2.07. The number of nitrogens with one attached hydrogen (secondary N) is 2. The van der Waals surface area contributed by atoms with Crippen LogP contribution in [0.4, 0.5) is 0 Å². The highest BCUT2D eigenvalue weighted by Crippen LogP contribution is 2.59. The molecule has 4 heteroatoms. The van der Waals surface area contributed by atoms with Crippen molar-refractivity contribution in [3.8, 4) is 0 Å². The van der Waals surface area contributed by atoms with Gasteiger partial charge in [-0.05, 0) is 93.7 Å². The molecule has 2 N–H and O–H groups in total. The third-order valence-electron chi connectivity index (χ3n) is 7.96. The Hall–Kier alpha value is -1.39. The smallest absolute Gasteiger partial charge is 0.220 e. The number of carbonyl (C=O) groups excluding carboxylic acids is 1. The van der Waals surface area contributed by atoms with Crippen molar-refractivity contribution in [2.24, 2.45) is 11.3 Å². The molecule has 0 spiro atoms. The van der Waals surface area contributed by atoms with Crippen LogP contribution in [0.1, 0.15) is 76.7 Å². The van der Waals surface area contributed by atoms with Crippen LogP contribution in [-0.4, -0.2) is 38.3 Å². The van der Waals surface area contributed by atoms with Crippen molar-refractivity contribution in [2.75, 3.05) is 26.3 Å². The van der Waals surface area contributed by atoms with Crippen LogP contribution in [0.25, 0.3) is 0 Å². The van der Waals surface area contributed by atoms with E-state index in [1.54, 1.807) is 0 Å². The topological polar surface area (TPSA) is 50.4 Å². The van der Waals surface area contributed by atoms with Gasteiger partial charge in [-0.1, -0.05) is 36.8 Å². The third kappa shape index (κ3) is 5.08. The van der Waals surface area contributed by atoms with Crippen molar-refractivity contribution >= 4 is 5.91 Å². The van der Waals surface area contributed by atoms with Crippen molar-refractivity contribution in [3.63, 3.8) is 0 Å². The molecule has 0 radical (unpaired) electrons. The maximum Gasteiger partial charge on any atom is 0.220 e. The lowest BCUT2D eigenvalue weighted by Gasteiger charge is -2.55. The van der Waals surface area contributed by atoms with Gasteiger partial charge in [0.25, 0.3) is 0 Å².